The summed E-state index contributed by atoms with van der Waals surface area (Å²) in [5.41, 5.74) is 0.819. The van der Waals surface area contributed by atoms with Crippen LogP contribution in [0.5, 0.6) is 0 Å². The van der Waals surface area contributed by atoms with E-state index in [1.165, 1.54) is 37.7 Å². The Hall–Kier alpha value is -0.980. The molecule has 1 aromatic rings. The van der Waals surface area contributed by atoms with Gasteiger partial charge in [0.1, 0.15) is 12.2 Å². The molecule has 1 aromatic carbocycles. The molecule has 0 radical (unpaired) electrons. The van der Waals surface area contributed by atoms with Gasteiger partial charge in [0, 0.05) is 18.4 Å². The van der Waals surface area contributed by atoms with Crippen LogP contribution in [0, 0.1) is 0 Å². The number of hydroxylamine groups is 2. The quantitative estimate of drug-likeness (QED) is 0.439. The van der Waals surface area contributed by atoms with Crippen molar-refractivity contribution in [1.82, 2.24) is 5.06 Å². The molecule has 0 bridgehead atoms. The van der Waals surface area contributed by atoms with E-state index in [-0.39, 0.29) is 23.3 Å². The summed E-state index contributed by atoms with van der Waals surface area (Å²) in [6, 6.07) is 10.5. The first kappa shape index (κ1) is 25.1. The van der Waals surface area contributed by atoms with Crippen LogP contribution in [0.2, 0.25) is 0 Å². The minimum Gasteiger partial charge on any atom is -0.375 e. The summed E-state index contributed by atoms with van der Waals surface area (Å²) in [7, 11) is 0. The average molecular weight is 460 g/mol. The predicted octanol–water partition coefficient (Wildman–Crippen LogP) is 6.57. The number of hydrogen-bond acceptors (Lipinski definition) is 5. The van der Waals surface area contributed by atoms with Crippen molar-refractivity contribution < 1.29 is 19.0 Å². The van der Waals surface area contributed by atoms with Crippen LogP contribution >= 0.6 is 0 Å². The van der Waals surface area contributed by atoms with Crippen LogP contribution < -0.4 is 0 Å². The summed E-state index contributed by atoms with van der Waals surface area (Å²) in [6.45, 7) is 12.5. The Bertz CT molecular complexity index is 744. The highest BCUT2D eigenvalue weighted by atomic mass is 16.8. The van der Waals surface area contributed by atoms with Crippen LogP contribution in [0.1, 0.15) is 104 Å². The van der Waals surface area contributed by atoms with E-state index in [2.05, 4.69) is 70.0 Å². The zero-order valence-corrected chi connectivity index (χ0v) is 21.5. The molecule has 3 fully saturated rings. The molecule has 186 valence electrons. The zero-order chi connectivity index (χ0) is 23.5. The van der Waals surface area contributed by atoms with Crippen molar-refractivity contribution in [3.05, 3.63) is 35.9 Å². The number of benzene rings is 1. The van der Waals surface area contributed by atoms with E-state index in [0.29, 0.717) is 19.3 Å². The molecule has 1 saturated carbocycles. The van der Waals surface area contributed by atoms with Crippen LogP contribution in [-0.4, -0.2) is 47.3 Å². The van der Waals surface area contributed by atoms with E-state index >= 15 is 0 Å². The Morgan fingerprint density at radius 1 is 1.03 bits per heavy atom. The second-order valence-corrected chi connectivity index (χ2v) is 11.1. The average Bonchev–Trinajstić information content (AvgIpc) is 3.21. The fraction of sp³-hybridized carbons (Fsp3) is 0.786. The van der Waals surface area contributed by atoms with Crippen LogP contribution in [0.4, 0.5) is 0 Å². The van der Waals surface area contributed by atoms with E-state index < -0.39 is 5.79 Å². The largest absolute Gasteiger partial charge is 0.375 e. The van der Waals surface area contributed by atoms with Gasteiger partial charge in [0.05, 0.1) is 24.9 Å². The molecule has 5 nitrogen and oxygen atoms in total. The van der Waals surface area contributed by atoms with Gasteiger partial charge in [-0.2, -0.15) is 5.06 Å². The van der Waals surface area contributed by atoms with Crippen molar-refractivity contribution in [2.45, 2.75) is 128 Å². The third kappa shape index (κ3) is 5.48. The van der Waals surface area contributed by atoms with Crippen molar-refractivity contribution in [1.29, 1.82) is 0 Å². The number of ether oxygens (including phenoxy) is 3. The SMILES string of the molecule is CCC1(CC)CC2(CC(C)(C)N1OC(C)c1ccccc1)OCC(COC1CCCCC1)O2. The molecule has 0 aromatic heterocycles. The van der Waals surface area contributed by atoms with E-state index in [4.69, 9.17) is 19.0 Å². The Balaban J connectivity index is 1.46. The maximum atomic E-state index is 6.74. The molecule has 1 aliphatic carbocycles. The van der Waals surface area contributed by atoms with E-state index in [9.17, 15) is 0 Å². The highest BCUT2D eigenvalue weighted by molar-refractivity contribution is 5.17. The molecule has 2 heterocycles. The first-order chi connectivity index (χ1) is 15.8. The maximum Gasteiger partial charge on any atom is 0.172 e. The third-order valence-electron chi connectivity index (χ3n) is 8.11. The van der Waals surface area contributed by atoms with Gasteiger partial charge < -0.3 is 14.2 Å². The lowest BCUT2D eigenvalue weighted by atomic mass is 9.73. The first-order valence-corrected chi connectivity index (χ1v) is 13.3. The summed E-state index contributed by atoms with van der Waals surface area (Å²) in [4.78, 5) is 6.74. The molecule has 33 heavy (non-hydrogen) atoms. The topological polar surface area (TPSA) is 40.2 Å². The molecule has 2 saturated heterocycles. The van der Waals surface area contributed by atoms with Crippen LogP contribution in [-0.2, 0) is 19.0 Å². The van der Waals surface area contributed by atoms with Crippen molar-refractivity contribution in [2.24, 2.45) is 0 Å². The Morgan fingerprint density at radius 3 is 2.39 bits per heavy atom. The van der Waals surface area contributed by atoms with E-state index in [1.54, 1.807) is 0 Å². The van der Waals surface area contributed by atoms with Gasteiger partial charge in [0.2, 0.25) is 0 Å². The molecule has 1 spiro atoms. The summed E-state index contributed by atoms with van der Waals surface area (Å²) >= 11 is 0. The fourth-order valence-electron chi connectivity index (χ4n) is 6.35. The second kappa shape index (κ2) is 10.3. The Labute approximate surface area is 201 Å². The van der Waals surface area contributed by atoms with Crippen molar-refractivity contribution in [3.63, 3.8) is 0 Å². The maximum absolute atomic E-state index is 6.74. The number of nitrogens with zero attached hydrogens (tertiary/aromatic N) is 1. The van der Waals surface area contributed by atoms with Gasteiger partial charge in [-0.1, -0.05) is 63.4 Å². The highest BCUT2D eigenvalue weighted by Crippen LogP contribution is 2.52. The molecule has 0 N–H and O–H groups in total. The van der Waals surface area contributed by atoms with Crippen LogP contribution in [0.25, 0.3) is 0 Å². The standard InChI is InChI=1S/C28H45NO4/c1-6-27(7-2)21-28(31-19-25(32-28)18-30-24-16-12-9-13-17-24)20-26(4,5)29(27)33-22(3)23-14-10-8-11-15-23/h8,10-11,14-15,22,24-25H,6-7,9,12-13,16-21H2,1-5H3. The molecule has 3 aliphatic rings. The lowest BCUT2D eigenvalue weighted by molar-refractivity contribution is -0.360. The minimum absolute atomic E-state index is 0.0148. The van der Waals surface area contributed by atoms with Crippen LogP contribution in [0.3, 0.4) is 0 Å². The first-order valence-electron chi connectivity index (χ1n) is 13.3. The number of piperidine rings is 1. The molecule has 4 rings (SSSR count). The van der Waals surface area contributed by atoms with E-state index in [0.717, 1.165) is 25.7 Å². The summed E-state index contributed by atoms with van der Waals surface area (Å²) in [5, 5.41) is 2.29. The minimum atomic E-state index is -0.564. The summed E-state index contributed by atoms with van der Waals surface area (Å²) < 4.78 is 19.4. The molecule has 3 atom stereocenters. The van der Waals surface area contributed by atoms with Gasteiger partial charge in [-0.3, -0.25) is 4.84 Å². The molecule has 0 amide bonds. The molecular formula is C28H45NO4. The highest BCUT2D eigenvalue weighted by Gasteiger charge is 2.60. The van der Waals surface area contributed by atoms with Gasteiger partial charge in [0.15, 0.2) is 5.79 Å². The van der Waals surface area contributed by atoms with E-state index in [1.807, 2.05) is 0 Å². The molecule has 3 unspecified atom stereocenters. The summed E-state index contributed by atoms with van der Waals surface area (Å²) in [6.07, 6.45) is 10.3. The van der Waals surface area contributed by atoms with Gasteiger partial charge in [-0.25, -0.2) is 0 Å². The molecular weight excluding hydrogens is 414 g/mol. The predicted molar refractivity (Wildman–Crippen MR) is 131 cm³/mol. The number of hydrogen-bond donors (Lipinski definition) is 0. The fourth-order valence-corrected chi connectivity index (χ4v) is 6.35. The Kier molecular flexibility index (Phi) is 7.86. The lowest BCUT2D eigenvalue weighted by Gasteiger charge is -2.59. The monoisotopic (exact) mass is 459 g/mol. The van der Waals surface area contributed by atoms with Gasteiger partial charge in [0.25, 0.3) is 0 Å². The van der Waals surface area contributed by atoms with Gasteiger partial charge in [-0.15, -0.1) is 0 Å². The third-order valence-corrected chi connectivity index (χ3v) is 8.11. The summed E-state index contributed by atoms with van der Waals surface area (Å²) in [5.74, 6) is -0.564. The zero-order valence-electron chi connectivity index (χ0n) is 21.5. The van der Waals surface area contributed by atoms with Crippen molar-refractivity contribution in [2.75, 3.05) is 13.2 Å². The molecule has 5 heteroatoms. The number of rotatable bonds is 8. The van der Waals surface area contributed by atoms with Crippen LogP contribution in [0.15, 0.2) is 30.3 Å². The van der Waals surface area contributed by atoms with Gasteiger partial charge >= 0.3 is 0 Å². The van der Waals surface area contributed by atoms with Gasteiger partial charge in [-0.05, 0) is 52.0 Å². The Morgan fingerprint density at radius 2 is 1.73 bits per heavy atom. The lowest BCUT2D eigenvalue weighted by Crippen LogP contribution is -2.67. The second-order valence-electron chi connectivity index (χ2n) is 11.1. The molecule has 2 aliphatic heterocycles. The normalized spacial score (nSPS) is 31.1. The smallest absolute Gasteiger partial charge is 0.172 e. The van der Waals surface area contributed by atoms with Crippen molar-refractivity contribution in [3.8, 4) is 0 Å². The van der Waals surface area contributed by atoms with Crippen molar-refractivity contribution >= 4 is 0 Å².